The molecule has 0 bridgehead atoms. The molecule has 0 aliphatic carbocycles. The van der Waals surface area contributed by atoms with Crippen LogP contribution in [0.1, 0.15) is 31.2 Å². The number of ether oxygens (including phenoxy) is 1. The number of amides is 1. The van der Waals surface area contributed by atoms with Crippen LogP contribution in [0.15, 0.2) is 53.7 Å². The molecule has 3 aromatic rings. The van der Waals surface area contributed by atoms with E-state index in [1.54, 1.807) is 4.90 Å². The molecule has 0 saturated carbocycles. The zero-order valence-electron chi connectivity index (χ0n) is 15.9. The van der Waals surface area contributed by atoms with Crippen LogP contribution in [0, 0.1) is 6.92 Å². The summed E-state index contributed by atoms with van der Waals surface area (Å²) in [6.07, 6.45) is -0.643. The van der Waals surface area contributed by atoms with Crippen LogP contribution in [0.2, 0.25) is 0 Å². The molecule has 1 aliphatic heterocycles. The Morgan fingerprint density at radius 3 is 2.75 bits per heavy atom. The largest absolute Gasteiger partial charge is 0.447 e. The van der Waals surface area contributed by atoms with E-state index < -0.39 is 6.23 Å². The molecule has 0 spiro atoms. The van der Waals surface area contributed by atoms with Crippen molar-refractivity contribution in [2.75, 3.05) is 10.7 Å². The molecule has 2 heterocycles. The number of para-hydroxylation sites is 1. The smallest absolute Gasteiger partial charge is 0.247 e. The van der Waals surface area contributed by atoms with Gasteiger partial charge in [0.1, 0.15) is 0 Å². The van der Waals surface area contributed by atoms with E-state index in [-0.39, 0.29) is 5.91 Å². The third kappa shape index (κ3) is 3.33. The van der Waals surface area contributed by atoms with Gasteiger partial charge in [0.05, 0.1) is 5.69 Å². The normalized spacial score (nSPS) is 15.2. The van der Waals surface area contributed by atoms with Crippen molar-refractivity contribution in [3.8, 4) is 17.1 Å². The van der Waals surface area contributed by atoms with E-state index in [9.17, 15) is 4.79 Å². The molecule has 0 N–H and O–H groups in total. The van der Waals surface area contributed by atoms with Gasteiger partial charge in [0.2, 0.25) is 23.2 Å². The zero-order valence-corrected chi connectivity index (χ0v) is 16.7. The number of aryl methyl sites for hydroxylation is 1. The van der Waals surface area contributed by atoms with E-state index in [0.29, 0.717) is 16.7 Å². The van der Waals surface area contributed by atoms with Crippen LogP contribution in [0.3, 0.4) is 0 Å². The summed E-state index contributed by atoms with van der Waals surface area (Å²) in [4.78, 5) is 18.9. The maximum Gasteiger partial charge on any atom is 0.247 e. The van der Waals surface area contributed by atoms with Crippen molar-refractivity contribution in [2.24, 2.45) is 0 Å². The Hall–Kier alpha value is -2.93. The van der Waals surface area contributed by atoms with E-state index in [1.807, 2.05) is 62.4 Å². The summed E-state index contributed by atoms with van der Waals surface area (Å²) in [7, 11) is 0. The molecule has 1 atom stereocenters. The molecule has 0 unspecified atom stereocenters. The van der Waals surface area contributed by atoms with Crippen LogP contribution in [0.25, 0.3) is 11.3 Å². The molecule has 2 aromatic carbocycles. The summed E-state index contributed by atoms with van der Waals surface area (Å²) in [5, 5.41) is 9.16. The third-order valence-electron chi connectivity index (χ3n) is 4.45. The van der Waals surface area contributed by atoms with Crippen LogP contribution < -0.4 is 9.64 Å². The van der Waals surface area contributed by atoms with Crippen molar-refractivity contribution in [1.29, 1.82) is 0 Å². The maximum atomic E-state index is 12.7. The fourth-order valence-electron chi connectivity index (χ4n) is 3.28. The molecule has 4 rings (SSSR count). The standard InChI is InChI=1S/C21H20N4O2S/c1-4-28-21-22-19-18(23-24-21)16-10-5-6-11-17(16)25(14(3)26)20(27-19)15-9-7-8-13(2)12-15/h5-12,20H,4H2,1-3H3/t20-/m0/s1. The van der Waals surface area contributed by atoms with E-state index >= 15 is 0 Å². The van der Waals surface area contributed by atoms with Gasteiger partial charge < -0.3 is 4.74 Å². The summed E-state index contributed by atoms with van der Waals surface area (Å²) < 4.78 is 6.32. The minimum atomic E-state index is -0.643. The van der Waals surface area contributed by atoms with E-state index in [2.05, 4.69) is 15.2 Å². The zero-order chi connectivity index (χ0) is 19.7. The van der Waals surface area contributed by atoms with Gasteiger partial charge in [-0.05, 0) is 18.7 Å². The summed E-state index contributed by atoms with van der Waals surface area (Å²) in [6, 6.07) is 15.6. The third-order valence-corrected chi connectivity index (χ3v) is 5.17. The Bertz CT molecular complexity index is 1040. The Kier molecular flexibility index (Phi) is 5.00. The van der Waals surface area contributed by atoms with Gasteiger partial charge in [0.15, 0.2) is 5.69 Å². The van der Waals surface area contributed by atoms with Crippen LogP contribution in [-0.2, 0) is 4.79 Å². The number of nitrogens with zero attached hydrogens (tertiary/aromatic N) is 4. The number of anilines is 1. The Morgan fingerprint density at radius 2 is 2.00 bits per heavy atom. The second-order valence-electron chi connectivity index (χ2n) is 6.47. The number of hydrogen-bond donors (Lipinski definition) is 0. The lowest BCUT2D eigenvalue weighted by molar-refractivity contribution is -0.118. The highest BCUT2D eigenvalue weighted by atomic mass is 32.2. The number of carbonyl (C=O) groups is 1. The van der Waals surface area contributed by atoms with Gasteiger partial charge in [-0.2, -0.15) is 4.98 Å². The molecule has 7 heteroatoms. The van der Waals surface area contributed by atoms with Crippen LogP contribution >= 0.6 is 11.8 Å². The van der Waals surface area contributed by atoms with Gasteiger partial charge in [-0.3, -0.25) is 9.69 Å². The number of carbonyl (C=O) groups excluding carboxylic acids is 1. The van der Waals surface area contributed by atoms with Crippen LogP contribution in [0.5, 0.6) is 5.88 Å². The van der Waals surface area contributed by atoms with Crippen LogP contribution in [-0.4, -0.2) is 26.8 Å². The maximum absolute atomic E-state index is 12.7. The summed E-state index contributed by atoms with van der Waals surface area (Å²) in [5.74, 6) is 1.09. The molecule has 1 amide bonds. The molecular formula is C21H20N4O2S. The number of rotatable bonds is 3. The predicted octanol–water partition coefficient (Wildman–Crippen LogP) is 4.40. The SMILES string of the molecule is CCSc1nnc2c(n1)O[C@@H](c1cccc(C)c1)N(C(C)=O)c1ccccc1-2. The second-order valence-corrected chi connectivity index (χ2v) is 7.70. The lowest BCUT2D eigenvalue weighted by Gasteiger charge is -2.30. The van der Waals surface area contributed by atoms with Gasteiger partial charge in [-0.25, -0.2) is 0 Å². The molecule has 1 aromatic heterocycles. The Balaban J connectivity index is 1.95. The Labute approximate surface area is 168 Å². The first-order valence-electron chi connectivity index (χ1n) is 9.08. The van der Waals surface area contributed by atoms with E-state index in [0.717, 1.165) is 28.1 Å². The van der Waals surface area contributed by atoms with Crippen molar-refractivity contribution in [3.05, 3.63) is 59.7 Å². The lowest BCUT2D eigenvalue weighted by atomic mass is 10.1. The van der Waals surface area contributed by atoms with Gasteiger partial charge in [0.25, 0.3) is 0 Å². The molecule has 142 valence electrons. The van der Waals surface area contributed by atoms with Gasteiger partial charge in [-0.15, -0.1) is 10.2 Å². The number of fused-ring (bicyclic) bond motifs is 3. The first kappa shape index (κ1) is 18.4. The average molecular weight is 392 g/mol. The fraction of sp³-hybridized carbons (Fsp3) is 0.238. The monoisotopic (exact) mass is 392 g/mol. The quantitative estimate of drug-likeness (QED) is 0.615. The van der Waals surface area contributed by atoms with Gasteiger partial charge in [-0.1, -0.05) is 66.7 Å². The van der Waals surface area contributed by atoms with E-state index in [1.165, 1.54) is 18.7 Å². The summed E-state index contributed by atoms with van der Waals surface area (Å²) in [6.45, 7) is 5.58. The van der Waals surface area contributed by atoms with E-state index in [4.69, 9.17) is 4.74 Å². The minimum Gasteiger partial charge on any atom is -0.447 e. The van der Waals surface area contributed by atoms with Crippen molar-refractivity contribution in [3.63, 3.8) is 0 Å². The van der Waals surface area contributed by atoms with Crippen molar-refractivity contribution in [1.82, 2.24) is 15.2 Å². The number of aromatic nitrogens is 3. The van der Waals surface area contributed by atoms with Crippen molar-refractivity contribution in [2.45, 2.75) is 32.2 Å². The molecule has 1 aliphatic rings. The van der Waals surface area contributed by atoms with Crippen molar-refractivity contribution < 1.29 is 9.53 Å². The van der Waals surface area contributed by atoms with Gasteiger partial charge >= 0.3 is 0 Å². The molecule has 0 saturated heterocycles. The molecule has 6 nitrogen and oxygen atoms in total. The Morgan fingerprint density at radius 1 is 1.18 bits per heavy atom. The topological polar surface area (TPSA) is 68.2 Å². The number of hydrogen-bond acceptors (Lipinski definition) is 6. The van der Waals surface area contributed by atoms with Crippen LogP contribution in [0.4, 0.5) is 5.69 Å². The lowest BCUT2D eigenvalue weighted by Crippen LogP contribution is -2.36. The highest BCUT2D eigenvalue weighted by molar-refractivity contribution is 7.99. The summed E-state index contributed by atoms with van der Waals surface area (Å²) in [5.41, 5.74) is 4.01. The van der Waals surface area contributed by atoms with Crippen molar-refractivity contribution >= 4 is 23.4 Å². The van der Waals surface area contributed by atoms with Gasteiger partial charge in [0, 0.05) is 18.1 Å². The average Bonchev–Trinajstić information content (AvgIpc) is 2.82. The fourth-order valence-corrected chi connectivity index (χ4v) is 3.79. The second kappa shape index (κ2) is 7.59. The number of benzene rings is 2. The number of thioether (sulfide) groups is 1. The first-order chi connectivity index (χ1) is 13.6. The summed E-state index contributed by atoms with van der Waals surface area (Å²) >= 11 is 1.50. The molecule has 0 radical (unpaired) electrons. The molecule has 28 heavy (non-hydrogen) atoms. The minimum absolute atomic E-state index is 0.122. The predicted molar refractivity (Wildman–Crippen MR) is 109 cm³/mol. The first-order valence-corrected chi connectivity index (χ1v) is 10.1. The highest BCUT2D eigenvalue weighted by Gasteiger charge is 2.34. The highest BCUT2D eigenvalue weighted by Crippen LogP contribution is 2.43. The molecular weight excluding hydrogens is 372 g/mol. The molecule has 0 fully saturated rings.